The number of hydrogen-bond donors (Lipinski definition) is 3. The summed E-state index contributed by atoms with van der Waals surface area (Å²) in [6.07, 6.45) is -0.216. The van der Waals surface area contributed by atoms with Crippen molar-refractivity contribution in [2.75, 3.05) is 6.54 Å². The molecule has 0 amide bonds. The van der Waals surface area contributed by atoms with E-state index in [1.807, 2.05) is 0 Å². The number of benzene rings is 1. The van der Waals surface area contributed by atoms with Crippen LogP contribution in [0.25, 0.3) is 0 Å². The molecule has 0 saturated carbocycles. The van der Waals surface area contributed by atoms with E-state index in [-0.39, 0.29) is 25.2 Å². The first-order valence-electron chi connectivity index (χ1n) is 6.45. The van der Waals surface area contributed by atoms with Crippen LogP contribution in [0, 0.1) is 10.1 Å². The molecule has 0 spiro atoms. The third-order valence-electron chi connectivity index (χ3n) is 3.70. The van der Waals surface area contributed by atoms with Gasteiger partial charge >= 0.3 is 11.9 Å². The number of hydrogen-bond acceptors (Lipinski definition) is 6. The summed E-state index contributed by atoms with van der Waals surface area (Å²) in [6, 6.07) is 4.72. The van der Waals surface area contributed by atoms with E-state index >= 15 is 0 Å². The van der Waals surface area contributed by atoms with Crippen molar-refractivity contribution in [3.8, 4) is 0 Å². The summed E-state index contributed by atoms with van der Waals surface area (Å²) < 4.78 is 0. The normalized spacial score (nSPS) is 25.0. The molecule has 1 unspecified atom stereocenters. The molecule has 0 radical (unpaired) electrons. The molecular formula is C13H15N3O6. The van der Waals surface area contributed by atoms with Crippen LogP contribution in [0.3, 0.4) is 0 Å². The lowest BCUT2D eigenvalue weighted by Crippen LogP contribution is -2.50. The van der Waals surface area contributed by atoms with Gasteiger partial charge in [-0.25, -0.2) is 0 Å². The summed E-state index contributed by atoms with van der Waals surface area (Å²) in [5.74, 6) is -2.43. The number of non-ortho nitro benzene ring substituents is 1. The van der Waals surface area contributed by atoms with Crippen molar-refractivity contribution >= 4 is 17.6 Å². The first kappa shape index (κ1) is 15.9. The minimum Gasteiger partial charge on any atom is -0.480 e. The first-order valence-corrected chi connectivity index (χ1v) is 6.45. The van der Waals surface area contributed by atoms with E-state index in [1.165, 1.54) is 23.1 Å². The molecule has 118 valence electrons. The smallest absolute Gasteiger partial charge is 0.325 e. The molecule has 4 N–H and O–H groups in total. The molecule has 0 aliphatic carbocycles. The fraction of sp³-hybridized carbons (Fsp3) is 0.385. The van der Waals surface area contributed by atoms with Gasteiger partial charge in [0.1, 0.15) is 11.6 Å². The SMILES string of the molecule is N[C@]1(C(=O)O)CC(C(=O)O)N(Cc2cccc([N+](=O)[O-])c2)C1. The Hall–Kier alpha value is -2.52. The average molecular weight is 309 g/mol. The summed E-state index contributed by atoms with van der Waals surface area (Å²) in [5, 5.41) is 29.1. The quantitative estimate of drug-likeness (QED) is 0.510. The van der Waals surface area contributed by atoms with E-state index in [2.05, 4.69) is 0 Å². The molecule has 9 heteroatoms. The van der Waals surface area contributed by atoms with E-state index in [1.54, 1.807) is 6.07 Å². The summed E-state index contributed by atoms with van der Waals surface area (Å²) in [7, 11) is 0. The van der Waals surface area contributed by atoms with Crippen molar-refractivity contribution in [1.82, 2.24) is 4.90 Å². The maximum absolute atomic E-state index is 11.3. The molecule has 2 rings (SSSR count). The van der Waals surface area contributed by atoms with Crippen molar-refractivity contribution in [2.24, 2.45) is 5.73 Å². The standard InChI is InChI=1S/C13H15N3O6/c14-13(12(19)20)5-10(11(17)18)15(7-13)6-8-2-1-3-9(4-8)16(21)22/h1-4,10H,5-7,14H2,(H,17,18)(H,19,20)/t10?,13-/m1/s1. The Kier molecular flexibility index (Phi) is 4.11. The number of carbonyl (C=O) groups is 2. The maximum atomic E-state index is 11.3. The van der Waals surface area contributed by atoms with Gasteiger partial charge in [0, 0.05) is 31.6 Å². The molecular weight excluding hydrogens is 294 g/mol. The molecule has 1 saturated heterocycles. The lowest BCUT2D eigenvalue weighted by Gasteiger charge is -2.21. The zero-order valence-electron chi connectivity index (χ0n) is 11.5. The van der Waals surface area contributed by atoms with E-state index in [0.717, 1.165) is 0 Å². The molecule has 1 heterocycles. The van der Waals surface area contributed by atoms with Gasteiger partial charge in [0.25, 0.3) is 5.69 Å². The highest BCUT2D eigenvalue weighted by molar-refractivity contribution is 5.83. The van der Waals surface area contributed by atoms with Crippen LogP contribution in [0.4, 0.5) is 5.69 Å². The third-order valence-corrected chi connectivity index (χ3v) is 3.70. The lowest BCUT2D eigenvalue weighted by molar-refractivity contribution is -0.384. The van der Waals surface area contributed by atoms with E-state index in [0.29, 0.717) is 5.56 Å². The van der Waals surface area contributed by atoms with E-state index in [9.17, 15) is 24.8 Å². The second-order valence-corrected chi connectivity index (χ2v) is 5.35. The molecule has 9 nitrogen and oxygen atoms in total. The minimum atomic E-state index is -1.64. The summed E-state index contributed by atoms with van der Waals surface area (Å²) in [6.45, 7) is -0.0626. The number of nitrogens with two attached hydrogens (primary N) is 1. The predicted molar refractivity (Wildman–Crippen MR) is 74.1 cm³/mol. The van der Waals surface area contributed by atoms with Crippen LogP contribution in [-0.4, -0.2) is 50.1 Å². The molecule has 0 aromatic heterocycles. The van der Waals surface area contributed by atoms with Crippen LogP contribution in [-0.2, 0) is 16.1 Å². The molecule has 2 atom stereocenters. The molecule has 1 fully saturated rings. The Bertz CT molecular complexity index is 634. The third kappa shape index (κ3) is 3.05. The van der Waals surface area contributed by atoms with Crippen molar-refractivity contribution in [3.05, 3.63) is 39.9 Å². The minimum absolute atomic E-state index is 0.0743. The first-order chi connectivity index (χ1) is 10.2. The van der Waals surface area contributed by atoms with Gasteiger partial charge in [-0.05, 0) is 5.56 Å². The fourth-order valence-electron chi connectivity index (χ4n) is 2.58. The Morgan fingerprint density at radius 1 is 1.45 bits per heavy atom. The Morgan fingerprint density at radius 3 is 2.68 bits per heavy atom. The van der Waals surface area contributed by atoms with Gasteiger partial charge < -0.3 is 15.9 Å². The van der Waals surface area contributed by atoms with Crippen molar-refractivity contribution in [1.29, 1.82) is 0 Å². The Morgan fingerprint density at radius 2 is 2.14 bits per heavy atom. The molecule has 1 aromatic carbocycles. The molecule has 1 aliphatic heterocycles. The van der Waals surface area contributed by atoms with Crippen molar-refractivity contribution < 1.29 is 24.7 Å². The van der Waals surface area contributed by atoms with Crippen LogP contribution in [0.2, 0.25) is 0 Å². The number of carboxylic acids is 2. The van der Waals surface area contributed by atoms with Crippen LogP contribution in [0.15, 0.2) is 24.3 Å². The zero-order chi connectivity index (χ0) is 16.5. The second-order valence-electron chi connectivity index (χ2n) is 5.35. The van der Waals surface area contributed by atoms with Crippen molar-refractivity contribution in [2.45, 2.75) is 24.5 Å². The molecule has 0 bridgehead atoms. The highest BCUT2D eigenvalue weighted by atomic mass is 16.6. The largest absolute Gasteiger partial charge is 0.480 e. The number of carboxylic acid groups (broad SMARTS) is 2. The number of rotatable bonds is 5. The van der Waals surface area contributed by atoms with Crippen molar-refractivity contribution in [3.63, 3.8) is 0 Å². The van der Waals surface area contributed by atoms with Gasteiger partial charge in [-0.15, -0.1) is 0 Å². The Balaban J connectivity index is 2.23. The molecule has 1 aliphatic rings. The summed E-state index contributed by atoms with van der Waals surface area (Å²) in [5.41, 5.74) is 4.52. The van der Waals surface area contributed by atoms with E-state index < -0.39 is 28.4 Å². The highest BCUT2D eigenvalue weighted by Gasteiger charge is 2.49. The number of nitro benzene ring substituents is 1. The van der Waals surface area contributed by atoms with Crippen LogP contribution in [0.1, 0.15) is 12.0 Å². The van der Waals surface area contributed by atoms with Gasteiger partial charge in [-0.2, -0.15) is 0 Å². The van der Waals surface area contributed by atoms with Gasteiger partial charge in [0.2, 0.25) is 0 Å². The summed E-state index contributed by atoms with van der Waals surface area (Å²) >= 11 is 0. The monoisotopic (exact) mass is 309 g/mol. The lowest BCUT2D eigenvalue weighted by atomic mass is 9.98. The fourth-order valence-corrected chi connectivity index (χ4v) is 2.58. The molecule has 22 heavy (non-hydrogen) atoms. The van der Waals surface area contributed by atoms with Gasteiger partial charge in [-0.3, -0.25) is 24.6 Å². The van der Waals surface area contributed by atoms with Crippen LogP contribution >= 0.6 is 0 Å². The average Bonchev–Trinajstić information content (AvgIpc) is 2.78. The van der Waals surface area contributed by atoms with Gasteiger partial charge in [0.15, 0.2) is 0 Å². The maximum Gasteiger partial charge on any atom is 0.325 e. The van der Waals surface area contributed by atoms with Crippen LogP contribution in [0.5, 0.6) is 0 Å². The predicted octanol–water partition coefficient (Wildman–Crippen LogP) is 0.0358. The molecule has 1 aromatic rings. The zero-order valence-corrected chi connectivity index (χ0v) is 11.5. The van der Waals surface area contributed by atoms with Gasteiger partial charge in [-0.1, -0.05) is 12.1 Å². The number of nitro groups is 1. The topological polar surface area (TPSA) is 147 Å². The number of nitrogens with zero attached hydrogens (tertiary/aromatic N) is 2. The van der Waals surface area contributed by atoms with Gasteiger partial charge in [0.05, 0.1) is 4.92 Å². The summed E-state index contributed by atoms with van der Waals surface area (Å²) in [4.78, 5) is 34.1. The number of likely N-dealkylation sites (tertiary alicyclic amines) is 1. The van der Waals surface area contributed by atoms with E-state index in [4.69, 9.17) is 10.8 Å². The number of aliphatic carboxylic acids is 2. The second kappa shape index (κ2) is 5.70. The van der Waals surface area contributed by atoms with Crippen LogP contribution < -0.4 is 5.73 Å². The Labute approximate surface area is 125 Å². The highest BCUT2D eigenvalue weighted by Crippen LogP contribution is 2.28.